The van der Waals surface area contributed by atoms with Crippen molar-refractivity contribution in [2.45, 2.75) is 32.5 Å². The molecule has 1 fully saturated rings. The van der Waals surface area contributed by atoms with Crippen LogP contribution in [0.5, 0.6) is 5.75 Å². The zero-order chi connectivity index (χ0) is 21.8. The fraction of sp³-hybridized carbons (Fsp3) is 0.304. The predicted octanol–water partition coefficient (Wildman–Crippen LogP) is 4.75. The molecule has 2 aromatic carbocycles. The minimum absolute atomic E-state index is 0.226. The molecule has 1 aliphatic rings. The van der Waals surface area contributed by atoms with Gasteiger partial charge in [0.1, 0.15) is 12.4 Å². The van der Waals surface area contributed by atoms with E-state index in [2.05, 4.69) is 5.10 Å². The SMILES string of the molecule is Cc1cc(N(C(=O)O)[C@H]2CCOC2)nn1Cc1cc(Cl)ccc1OCc1ccccc1. The van der Waals surface area contributed by atoms with E-state index in [4.69, 9.17) is 21.1 Å². The van der Waals surface area contributed by atoms with Crippen LogP contribution in [0, 0.1) is 6.92 Å². The Morgan fingerprint density at radius 3 is 2.81 bits per heavy atom. The summed E-state index contributed by atoms with van der Waals surface area (Å²) in [7, 11) is 0. The molecule has 0 saturated carbocycles. The van der Waals surface area contributed by atoms with Crippen molar-refractivity contribution in [3.63, 3.8) is 0 Å². The Hall–Kier alpha value is -3.03. The van der Waals surface area contributed by atoms with Gasteiger partial charge in [-0.15, -0.1) is 0 Å². The van der Waals surface area contributed by atoms with Crippen LogP contribution in [0.4, 0.5) is 10.6 Å². The second-order valence-corrected chi connectivity index (χ2v) is 7.93. The summed E-state index contributed by atoms with van der Waals surface area (Å²) in [5.41, 5.74) is 2.78. The van der Waals surface area contributed by atoms with Crippen LogP contribution in [0.25, 0.3) is 0 Å². The van der Waals surface area contributed by atoms with Gasteiger partial charge in [-0.25, -0.2) is 4.79 Å². The maximum Gasteiger partial charge on any atom is 0.413 e. The van der Waals surface area contributed by atoms with Gasteiger partial charge in [0, 0.05) is 29.0 Å². The average molecular weight is 442 g/mol. The number of hydrogen-bond donors (Lipinski definition) is 1. The third-order valence-corrected chi connectivity index (χ3v) is 5.51. The molecule has 2 heterocycles. The fourth-order valence-electron chi connectivity index (χ4n) is 3.65. The second-order valence-electron chi connectivity index (χ2n) is 7.50. The molecule has 3 aromatic rings. The summed E-state index contributed by atoms with van der Waals surface area (Å²) in [6.07, 6.45) is -0.376. The van der Waals surface area contributed by atoms with E-state index in [1.165, 1.54) is 4.90 Å². The number of benzene rings is 2. The summed E-state index contributed by atoms with van der Waals surface area (Å²) in [5, 5.41) is 14.9. The third-order valence-electron chi connectivity index (χ3n) is 5.27. The van der Waals surface area contributed by atoms with Crippen LogP contribution < -0.4 is 9.64 Å². The van der Waals surface area contributed by atoms with Gasteiger partial charge in [-0.05, 0) is 37.1 Å². The summed E-state index contributed by atoms with van der Waals surface area (Å²) in [6.45, 7) is 3.68. The van der Waals surface area contributed by atoms with Crippen LogP contribution in [-0.2, 0) is 17.9 Å². The van der Waals surface area contributed by atoms with Crippen LogP contribution in [-0.4, -0.2) is 40.2 Å². The van der Waals surface area contributed by atoms with Gasteiger partial charge in [0.15, 0.2) is 5.82 Å². The normalized spacial score (nSPS) is 15.7. The molecule has 4 rings (SSSR count). The van der Waals surface area contributed by atoms with Gasteiger partial charge >= 0.3 is 6.09 Å². The maximum absolute atomic E-state index is 11.9. The molecule has 1 aliphatic heterocycles. The van der Waals surface area contributed by atoms with Gasteiger partial charge in [-0.2, -0.15) is 5.10 Å². The van der Waals surface area contributed by atoms with Crippen molar-refractivity contribution in [1.29, 1.82) is 0 Å². The molecular weight excluding hydrogens is 418 g/mol. The Kier molecular flexibility index (Phi) is 6.44. The van der Waals surface area contributed by atoms with E-state index in [0.717, 1.165) is 16.8 Å². The summed E-state index contributed by atoms with van der Waals surface area (Å²) < 4.78 is 13.2. The molecule has 1 N–H and O–H groups in total. The lowest BCUT2D eigenvalue weighted by Gasteiger charge is -2.22. The van der Waals surface area contributed by atoms with Gasteiger partial charge in [-0.1, -0.05) is 41.9 Å². The Morgan fingerprint density at radius 2 is 2.10 bits per heavy atom. The lowest BCUT2D eigenvalue weighted by molar-refractivity contribution is 0.183. The first-order valence-electron chi connectivity index (χ1n) is 10.1. The van der Waals surface area contributed by atoms with E-state index in [9.17, 15) is 9.90 Å². The fourth-order valence-corrected chi connectivity index (χ4v) is 3.84. The van der Waals surface area contributed by atoms with Crippen molar-refractivity contribution in [2.24, 2.45) is 0 Å². The van der Waals surface area contributed by atoms with Crippen LogP contribution in [0.1, 0.15) is 23.2 Å². The van der Waals surface area contributed by atoms with Crippen molar-refractivity contribution in [3.8, 4) is 5.75 Å². The smallest absolute Gasteiger partial charge is 0.413 e. The van der Waals surface area contributed by atoms with Gasteiger partial charge < -0.3 is 14.6 Å². The number of rotatable bonds is 7. The number of hydrogen-bond acceptors (Lipinski definition) is 4. The largest absolute Gasteiger partial charge is 0.489 e. The number of carbonyl (C=O) groups is 1. The van der Waals surface area contributed by atoms with E-state index in [0.29, 0.717) is 49.4 Å². The van der Waals surface area contributed by atoms with Gasteiger partial charge in [0.25, 0.3) is 0 Å². The van der Waals surface area contributed by atoms with Crippen LogP contribution in [0.2, 0.25) is 5.02 Å². The highest BCUT2D eigenvalue weighted by Gasteiger charge is 2.30. The first-order valence-corrected chi connectivity index (χ1v) is 10.5. The predicted molar refractivity (Wildman–Crippen MR) is 118 cm³/mol. The van der Waals surface area contributed by atoms with E-state index < -0.39 is 6.09 Å². The number of amides is 1. The molecule has 1 atom stereocenters. The number of nitrogens with zero attached hydrogens (tertiary/aromatic N) is 3. The lowest BCUT2D eigenvalue weighted by Crippen LogP contribution is -2.40. The Bertz CT molecular complexity index is 1050. The minimum Gasteiger partial charge on any atom is -0.489 e. The Labute approximate surface area is 185 Å². The molecule has 8 heteroatoms. The van der Waals surface area contributed by atoms with Crippen LogP contribution in [0.15, 0.2) is 54.6 Å². The first-order chi connectivity index (χ1) is 15.0. The topological polar surface area (TPSA) is 76.8 Å². The molecule has 7 nitrogen and oxygen atoms in total. The summed E-state index contributed by atoms with van der Waals surface area (Å²) in [6, 6.07) is 17.0. The molecular formula is C23H24ClN3O4. The van der Waals surface area contributed by atoms with Crippen molar-refractivity contribution in [2.75, 3.05) is 18.1 Å². The van der Waals surface area contributed by atoms with Gasteiger partial charge in [-0.3, -0.25) is 9.58 Å². The molecule has 1 saturated heterocycles. The molecule has 0 spiro atoms. The highest BCUT2D eigenvalue weighted by atomic mass is 35.5. The molecule has 0 radical (unpaired) electrons. The Balaban J connectivity index is 1.56. The van der Waals surface area contributed by atoms with Gasteiger partial charge in [0.05, 0.1) is 19.2 Å². The number of aromatic nitrogens is 2. The number of aryl methyl sites for hydroxylation is 1. The summed E-state index contributed by atoms with van der Waals surface area (Å²) in [5.74, 6) is 1.11. The zero-order valence-corrected chi connectivity index (χ0v) is 18.0. The van der Waals surface area contributed by atoms with Crippen molar-refractivity contribution < 1.29 is 19.4 Å². The van der Waals surface area contributed by atoms with Gasteiger partial charge in [0.2, 0.25) is 0 Å². The molecule has 1 amide bonds. The van der Waals surface area contributed by atoms with E-state index in [-0.39, 0.29) is 6.04 Å². The Morgan fingerprint density at radius 1 is 1.29 bits per heavy atom. The quantitative estimate of drug-likeness (QED) is 0.572. The number of halogens is 1. The zero-order valence-electron chi connectivity index (χ0n) is 17.2. The number of ether oxygens (including phenoxy) is 2. The molecule has 31 heavy (non-hydrogen) atoms. The molecule has 1 aromatic heterocycles. The highest BCUT2D eigenvalue weighted by Crippen LogP contribution is 2.27. The van der Waals surface area contributed by atoms with Crippen molar-refractivity contribution in [3.05, 3.63) is 76.4 Å². The lowest BCUT2D eigenvalue weighted by atomic mass is 10.2. The van der Waals surface area contributed by atoms with E-state index in [1.807, 2.05) is 49.4 Å². The highest BCUT2D eigenvalue weighted by molar-refractivity contribution is 6.30. The van der Waals surface area contributed by atoms with Crippen molar-refractivity contribution in [1.82, 2.24) is 9.78 Å². The monoisotopic (exact) mass is 441 g/mol. The summed E-state index contributed by atoms with van der Waals surface area (Å²) in [4.78, 5) is 13.2. The molecule has 0 bridgehead atoms. The number of carboxylic acid groups (broad SMARTS) is 1. The van der Waals surface area contributed by atoms with Crippen LogP contribution in [0.3, 0.4) is 0 Å². The number of anilines is 1. The third kappa shape index (κ3) is 5.00. The standard InChI is InChI=1S/C23H24ClN3O4/c1-16-11-22(27(23(28)29)20-9-10-30-15-20)25-26(16)13-18-12-19(24)7-8-21(18)31-14-17-5-3-2-4-6-17/h2-8,11-12,20H,9-10,13-15H2,1H3,(H,28,29)/t20-/m0/s1. The van der Waals surface area contributed by atoms with Crippen molar-refractivity contribution >= 4 is 23.5 Å². The van der Waals surface area contributed by atoms with Crippen LogP contribution >= 0.6 is 11.6 Å². The van der Waals surface area contributed by atoms with E-state index in [1.54, 1.807) is 16.8 Å². The molecule has 0 aliphatic carbocycles. The first kappa shape index (κ1) is 21.2. The molecule has 162 valence electrons. The summed E-state index contributed by atoms with van der Waals surface area (Å²) >= 11 is 6.24. The maximum atomic E-state index is 11.9. The second kappa shape index (κ2) is 9.41. The molecule has 0 unspecified atom stereocenters. The average Bonchev–Trinajstić information content (AvgIpc) is 3.39. The van der Waals surface area contributed by atoms with E-state index >= 15 is 0 Å². The minimum atomic E-state index is -1.03.